The van der Waals surface area contributed by atoms with E-state index in [2.05, 4.69) is 68.7 Å². The molecule has 2 aliphatic carbocycles. The van der Waals surface area contributed by atoms with Crippen molar-refractivity contribution in [3.8, 4) is 0 Å². The molecule has 1 amide bonds. The molecule has 0 spiro atoms. The first-order chi connectivity index (χ1) is 24.4. The molecule has 1 aromatic rings. The Hall–Kier alpha value is -0.164. The third-order valence-electron chi connectivity index (χ3n) is 9.71. The van der Waals surface area contributed by atoms with E-state index < -0.39 is 5.41 Å². The molecular formula is C43H77ClKN3O4-2. The van der Waals surface area contributed by atoms with Gasteiger partial charge in [0.05, 0.1) is 18.6 Å². The second kappa shape index (κ2) is 35.3. The summed E-state index contributed by atoms with van der Waals surface area (Å²) in [6.07, 6.45) is 15.6. The Balaban J connectivity index is -0.000000606. The van der Waals surface area contributed by atoms with E-state index in [4.69, 9.17) is 21.5 Å². The number of aliphatic hydroxyl groups is 1. The Kier molecular flexibility index (Phi) is 38.1. The zero-order valence-electron chi connectivity index (χ0n) is 34.9. The van der Waals surface area contributed by atoms with Crippen molar-refractivity contribution in [1.82, 2.24) is 15.1 Å². The maximum atomic E-state index is 11.8. The quantitative estimate of drug-likeness (QED) is 0.169. The zero-order valence-corrected chi connectivity index (χ0v) is 38.8. The van der Waals surface area contributed by atoms with Crippen molar-refractivity contribution < 1.29 is 70.9 Å². The molecule has 2 atom stereocenters. The second-order valence-electron chi connectivity index (χ2n) is 14.7. The van der Waals surface area contributed by atoms with Gasteiger partial charge in [0.1, 0.15) is 6.29 Å². The van der Waals surface area contributed by atoms with E-state index >= 15 is 0 Å². The van der Waals surface area contributed by atoms with Gasteiger partial charge in [-0.1, -0.05) is 77.6 Å². The molecule has 0 bridgehead atoms. The molecule has 7 nitrogen and oxygen atoms in total. The Morgan fingerprint density at radius 1 is 1.00 bits per heavy atom. The van der Waals surface area contributed by atoms with Crippen molar-refractivity contribution in [2.45, 2.75) is 150 Å². The van der Waals surface area contributed by atoms with E-state index in [-0.39, 0.29) is 63.9 Å². The Labute approximate surface area is 369 Å². The third-order valence-corrected chi connectivity index (χ3v) is 9.96. The van der Waals surface area contributed by atoms with Crippen LogP contribution in [0.15, 0.2) is 24.3 Å². The van der Waals surface area contributed by atoms with Gasteiger partial charge in [-0.2, -0.15) is 12.8 Å². The SMILES string of the molecule is CC.CC1CCC(NC(=O)C(C)(C)CO)CC1.Clc1ccc(C2CCN(C3CC3)C2)cc1.O=CCN1CCCC1.[CH-]=O.[CH2-]CC.[CH2-]CC(C)CC.[K+]. The number of rotatable bonds is 9. The Morgan fingerprint density at radius 2 is 1.52 bits per heavy atom. The summed E-state index contributed by atoms with van der Waals surface area (Å²) in [5.41, 5.74) is 0.811. The number of amides is 1. The summed E-state index contributed by atoms with van der Waals surface area (Å²) in [6.45, 7) is 32.1. The molecule has 4 fully saturated rings. The maximum Gasteiger partial charge on any atom is 1.00 e. The van der Waals surface area contributed by atoms with Crippen LogP contribution in [0.1, 0.15) is 144 Å². The molecule has 2 N–H and O–H groups in total. The van der Waals surface area contributed by atoms with Crippen LogP contribution >= 0.6 is 11.6 Å². The average Bonchev–Trinajstić information content (AvgIpc) is 3.64. The monoisotopic (exact) mass is 774 g/mol. The molecule has 1 aromatic carbocycles. The van der Waals surface area contributed by atoms with Crippen molar-refractivity contribution in [1.29, 1.82) is 0 Å². The first-order valence-corrected chi connectivity index (χ1v) is 20.2. The molecule has 4 aliphatic rings. The number of benzene rings is 1. The van der Waals surface area contributed by atoms with Crippen LogP contribution in [-0.4, -0.2) is 85.3 Å². The van der Waals surface area contributed by atoms with Gasteiger partial charge in [-0.15, -0.1) is 0 Å². The number of aliphatic hydroxyl groups excluding tert-OH is 1. The van der Waals surface area contributed by atoms with Gasteiger partial charge in [-0.25, -0.2) is 0 Å². The van der Waals surface area contributed by atoms with Gasteiger partial charge < -0.3 is 33.9 Å². The smallest absolute Gasteiger partial charge is 0.545 e. The molecule has 5 rings (SSSR count). The van der Waals surface area contributed by atoms with Crippen LogP contribution in [0.4, 0.5) is 0 Å². The van der Waals surface area contributed by atoms with E-state index in [9.17, 15) is 9.59 Å². The molecule has 0 radical (unpaired) electrons. The number of carbonyl (C=O) groups excluding carboxylic acids is 3. The number of likely N-dealkylation sites (tertiary alicyclic amines) is 2. The van der Waals surface area contributed by atoms with Crippen molar-refractivity contribution in [2.24, 2.45) is 17.3 Å². The van der Waals surface area contributed by atoms with Crippen LogP contribution in [0.2, 0.25) is 5.02 Å². The summed E-state index contributed by atoms with van der Waals surface area (Å²) in [7, 11) is 0. The summed E-state index contributed by atoms with van der Waals surface area (Å²) < 4.78 is 0. The largest absolute Gasteiger partial charge is 1.00 e. The fraction of sp³-hybridized carbons (Fsp3) is 0.744. The minimum absolute atomic E-state index is 0. The summed E-state index contributed by atoms with van der Waals surface area (Å²) in [5.74, 6) is 2.33. The van der Waals surface area contributed by atoms with Crippen molar-refractivity contribution in [2.75, 3.05) is 39.3 Å². The van der Waals surface area contributed by atoms with Crippen LogP contribution in [0, 0.1) is 31.1 Å². The molecule has 9 heteroatoms. The van der Waals surface area contributed by atoms with Crippen LogP contribution in [0.5, 0.6) is 0 Å². The summed E-state index contributed by atoms with van der Waals surface area (Å²) in [6, 6.07) is 9.63. The summed E-state index contributed by atoms with van der Waals surface area (Å²) in [5, 5.41) is 13.0. The van der Waals surface area contributed by atoms with Gasteiger partial charge in [0, 0.05) is 23.7 Å². The van der Waals surface area contributed by atoms with Crippen LogP contribution in [-0.2, 0) is 14.4 Å². The van der Waals surface area contributed by atoms with E-state index in [1.807, 2.05) is 32.9 Å². The number of carbonyl (C=O) groups is 2. The average molecular weight is 775 g/mol. The van der Waals surface area contributed by atoms with Gasteiger partial charge >= 0.3 is 51.4 Å². The number of hydrogen-bond donors (Lipinski definition) is 2. The van der Waals surface area contributed by atoms with Crippen LogP contribution < -0.4 is 56.7 Å². The molecule has 2 heterocycles. The summed E-state index contributed by atoms with van der Waals surface area (Å²) >= 11 is 5.90. The zero-order chi connectivity index (χ0) is 39.2. The van der Waals surface area contributed by atoms with Gasteiger partial charge in [-0.3, -0.25) is 21.4 Å². The van der Waals surface area contributed by atoms with E-state index in [1.54, 1.807) is 13.8 Å². The van der Waals surface area contributed by atoms with Crippen molar-refractivity contribution in [3.05, 3.63) is 48.7 Å². The maximum absolute atomic E-state index is 11.8. The fourth-order valence-corrected chi connectivity index (χ4v) is 5.82. The Morgan fingerprint density at radius 3 is 1.92 bits per heavy atom. The predicted molar refractivity (Wildman–Crippen MR) is 219 cm³/mol. The molecule has 2 unspecified atom stereocenters. The van der Waals surface area contributed by atoms with Crippen molar-refractivity contribution >= 4 is 30.6 Å². The first kappa shape index (κ1) is 56.2. The number of aldehydes is 1. The standard InChI is InChI=1S/C13H16ClN.C12H23NO2.C6H11NO.C6H13.C3H7.C2H6.CHO.K/c14-12-3-1-10(2-4-12)11-7-8-15(9-11)13-5-6-13;1-9-4-6-10(7-5-9)13-11(15)12(2,3)8-14;8-6-5-7-3-1-2-4-7;1-4-6(3)5-2;1-3-2;2*1-2;/h1-4,11,13H,5-9H2;9-10,14H,4-8H2,1-3H3,(H,13,15);6H,1-5H2;6H,1,4-5H2,2-3H3;1,3H2,2H3;1-2H3;1H;/q;;;2*-1;;-1;+1. The van der Waals surface area contributed by atoms with E-state index in [1.165, 1.54) is 70.0 Å². The molecular weight excluding hydrogens is 697 g/mol. The number of hydrogen-bond acceptors (Lipinski definition) is 6. The van der Waals surface area contributed by atoms with Gasteiger partial charge in [0.2, 0.25) is 5.91 Å². The number of nitrogens with zero attached hydrogens (tertiary/aromatic N) is 2. The molecule has 2 saturated carbocycles. The van der Waals surface area contributed by atoms with Gasteiger partial charge in [0.15, 0.2) is 0 Å². The van der Waals surface area contributed by atoms with E-state index in [0.29, 0.717) is 12.6 Å². The third kappa shape index (κ3) is 26.6. The minimum Gasteiger partial charge on any atom is -0.545 e. The van der Waals surface area contributed by atoms with Gasteiger partial charge in [0.25, 0.3) is 0 Å². The number of halogens is 1. The van der Waals surface area contributed by atoms with Gasteiger partial charge in [-0.05, 0) is 121 Å². The van der Waals surface area contributed by atoms with Crippen molar-refractivity contribution in [3.63, 3.8) is 0 Å². The van der Waals surface area contributed by atoms with Crippen LogP contribution in [0.25, 0.3) is 0 Å². The normalized spacial score (nSPS) is 21.3. The molecule has 298 valence electrons. The number of nitrogens with one attached hydrogen (secondary N) is 1. The minimum atomic E-state index is -0.650. The van der Waals surface area contributed by atoms with Crippen LogP contribution in [0.3, 0.4) is 0 Å². The molecule has 0 aromatic heterocycles. The molecule has 2 saturated heterocycles. The summed E-state index contributed by atoms with van der Waals surface area (Å²) in [4.78, 5) is 34.3. The molecule has 52 heavy (non-hydrogen) atoms. The molecule has 2 aliphatic heterocycles. The fourth-order valence-electron chi connectivity index (χ4n) is 5.70. The first-order valence-electron chi connectivity index (χ1n) is 19.8. The van der Waals surface area contributed by atoms with E-state index in [0.717, 1.165) is 73.9 Å². The Bertz CT molecular complexity index is 962. The topological polar surface area (TPSA) is 89.9 Å². The second-order valence-corrected chi connectivity index (χ2v) is 15.1. The predicted octanol–water partition coefficient (Wildman–Crippen LogP) is 6.52.